The summed E-state index contributed by atoms with van der Waals surface area (Å²) in [6, 6.07) is 0.188. The normalized spacial score (nSPS) is 23.4. The second-order valence-electron chi connectivity index (χ2n) is 5.18. The summed E-state index contributed by atoms with van der Waals surface area (Å²) in [5.74, 6) is -0.700. The molecule has 0 aromatic carbocycles. The van der Waals surface area contributed by atoms with E-state index in [1.165, 1.54) is 6.20 Å². The number of amides is 1. The van der Waals surface area contributed by atoms with Crippen molar-refractivity contribution in [2.75, 3.05) is 6.54 Å². The summed E-state index contributed by atoms with van der Waals surface area (Å²) in [4.78, 5) is 24.7. The number of piperidine rings is 1. The van der Waals surface area contributed by atoms with Crippen LogP contribution in [0.2, 0.25) is 0 Å². The van der Waals surface area contributed by atoms with E-state index in [4.69, 9.17) is 5.11 Å². The molecular formula is C12H18N4O3. The lowest BCUT2D eigenvalue weighted by molar-refractivity contribution is -0.137. The number of hydrogen-bond donors (Lipinski definition) is 1. The SMILES string of the molecule is CC1CCC(C)N(C(=O)c2cn(CC(=O)O)nn2)C1. The Labute approximate surface area is 111 Å². The van der Waals surface area contributed by atoms with Crippen molar-refractivity contribution in [3.63, 3.8) is 0 Å². The van der Waals surface area contributed by atoms with E-state index in [9.17, 15) is 9.59 Å². The molecule has 19 heavy (non-hydrogen) atoms. The fourth-order valence-corrected chi connectivity index (χ4v) is 2.33. The summed E-state index contributed by atoms with van der Waals surface area (Å²) < 4.78 is 1.16. The summed E-state index contributed by atoms with van der Waals surface area (Å²) in [7, 11) is 0. The first-order valence-corrected chi connectivity index (χ1v) is 6.40. The van der Waals surface area contributed by atoms with Crippen molar-refractivity contribution in [3.8, 4) is 0 Å². The number of carbonyl (C=O) groups excluding carboxylic acids is 1. The maximum Gasteiger partial charge on any atom is 0.325 e. The van der Waals surface area contributed by atoms with Crippen LogP contribution >= 0.6 is 0 Å². The number of rotatable bonds is 3. The van der Waals surface area contributed by atoms with Gasteiger partial charge in [0.15, 0.2) is 5.69 Å². The average Bonchev–Trinajstić information content (AvgIpc) is 2.79. The van der Waals surface area contributed by atoms with Crippen LogP contribution in [0.25, 0.3) is 0 Å². The smallest absolute Gasteiger partial charge is 0.325 e. The van der Waals surface area contributed by atoms with Gasteiger partial charge >= 0.3 is 5.97 Å². The Balaban J connectivity index is 2.10. The molecule has 7 nitrogen and oxygen atoms in total. The van der Waals surface area contributed by atoms with Crippen LogP contribution in [0.15, 0.2) is 6.20 Å². The van der Waals surface area contributed by atoms with Gasteiger partial charge in [-0.15, -0.1) is 5.10 Å². The Hall–Kier alpha value is -1.92. The lowest BCUT2D eigenvalue weighted by Gasteiger charge is -2.36. The van der Waals surface area contributed by atoms with E-state index in [1.54, 1.807) is 4.90 Å². The van der Waals surface area contributed by atoms with E-state index in [2.05, 4.69) is 17.2 Å². The number of aromatic nitrogens is 3. The summed E-state index contributed by atoms with van der Waals surface area (Å²) in [6.45, 7) is 4.57. The molecule has 7 heteroatoms. The second-order valence-corrected chi connectivity index (χ2v) is 5.18. The molecule has 2 heterocycles. The van der Waals surface area contributed by atoms with Crippen molar-refractivity contribution in [1.29, 1.82) is 0 Å². The highest BCUT2D eigenvalue weighted by atomic mass is 16.4. The zero-order valence-corrected chi connectivity index (χ0v) is 11.1. The van der Waals surface area contributed by atoms with Gasteiger partial charge in [-0.2, -0.15) is 0 Å². The topological polar surface area (TPSA) is 88.3 Å². The maximum absolute atomic E-state index is 12.3. The first-order valence-electron chi connectivity index (χ1n) is 6.40. The molecular weight excluding hydrogens is 248 g/mol. The van der Waals surface area contributed by atoms with Gasteiger partial charge < -0.3 is 10.0 Å². The highest BCUT2D eigenvalue weighted by Gasteiger charge is 2.29. The van der Waals surface area contributed by atoms with E-state index in [0.29, 0.717) is 12.5 Å². The van der Waals surface area contributed by atoms with Crippen LogP contribution in [0, 0.1) is 5.92 Å². The fraction of sp³-hybridized carbons (Fsp3) is 0.667. The lowest BCUT2D eigenvalue weighted by Crippen LogP contribution is -2.45. The molecule has 104 valence electrons. The van der Waals surface area contributed by atoms with Gasteiger partial charge in [-0.05, 0) is 25.7 Å². The quantitative estimate of drug-likeness (QED) is 0.866. The number of nitrogens with zero attached hydrogens (tertiary/aromatic N) is 4. The van der Waals surface area contributed by atoms with Gasteiger partial charge in [0, 0.05) is 12.6 Å². The molecule has 2 atom stereocenters. The van der Waals surface area contributed by atoms with Crippen molar-refractivity contribution in [2.45, 2.75) is 39.3 Å². The molecule has 2 unspecified atom stereocenters. The van der Waals surface area contributed by atoms with E-state index < -0.39 is 5.97 Å². The predicted octanol–water partition coefficient (Wildman–Crippen LogP) is 0.623. The Kier molecular flexibility index (Phi) is 3.82. The van der Waals surface area contributed by atoms with Crippen LogP contribution in [-0.4, -0.2) is 49.5 Å². The minimum Gasteiger partial charge on any atom is -0.480 e. The number of likely N-dealkylation sites (tertiary alicyclic amines) is 1. The number of carbonyl (C=O) groups is 2. The maximum atomic E-state index is 12.3. The molecule has 0 spiro atoms. The van der Waals surface area contributed by atoms with Crippen LogP contribution < -0.4 is 0 Å². The number of carboxylic acids is 1. The molecule has 1 N–H and O–H groups in total. The summed E-state index contributed by atoms with van der Waals surface area (Å²) in [5.41, 5.74) is 0.210. The first kappa shape index (κ1) is 13.5. The average molecular weight is 266 g/mol. The lowest BCUT2D eigenvalue weighted by atomic mass is 9.95. The highest BCUT2D eigenvalue weighted by molar-refractivity contribution is 5.92. The third kappa shape index (κ3) is 3.10. The molecule has 0 saturated carbocycles. The summed E-state index contributed by atoms with van der Waals surface area (Å²) in [6.07, 6.45) is 3.50. The standard InChI is InChI=1S/C12H18N4O3/c1-8-3-4-9(2)16(5-8)12(19)10-6-15(14-13-10)7-11(17)18/h6,8-9H,3-5,7H2,1-2H3,(H,17,18). The van der Waals surface area contributed by atoms with Crippen molar-refractivity contribution in [3.05, 3.63) is 11.9 Å². The highest BCUT2D eigenvalue weighted by Crippen LogP contribution is 2.22. The van der Waals surface area contributed by atoms with Crippen molar-refractivity contribution < 1.29 is 14.7 Å². The zero-order chi connectivity index (χ0) is 14.0. The summed E-state index contributed by atoms with van der Waals surface area (Å²) >= 11 is 0. The van der Waals surface area contributed by atoms with E-state index >= 15 is 0 Å². The second kappa shape index (κ2) is 5.38. The molecule has 1 aliphatic heterocycles. The third-order valence-electron chi connectivity index (χ3n) is 3.43. The minimum absolute atomic E-state index is 0.171. The van der Waals surface area contributed by atoms with Crippen molar-refractivity contribution in [2.24, 2.45) is 5.92 Å². The predicted molar refractivity (Wildman–Crippen MR) is 66.6 cm³/mol. The Morgan fingerprint density at radius 3 is 2.84 bits per heavy atom. The van der Waals surface area contributed by atoms with E-state index in [1.807, 2.05) is 6.92 Å². The van der Waals surface area contributed by atoms with Gasteiger partial charge in [0.1, 0.15) is 6.54 Å². The van der Waals surface area contributed by atoms with Crippen molar-refractivity contribution in [1.82, 2.24) is 19.9 Å². The van der Waals surface area contributed by atoms with E-state index in [-0.39, 0.29) is 24.2 Å². The van der Waals surface area contributed by atoms with Crippen LogP contribution in [0.1, 0.15) is 37.2 Å². The molecule has 1 aromatic heterocycles. The molecule has 1 saturated heterocycles. The Morgan fingerprint density at radius 2 is 2.16 bits per heavy atom. The number of aliphatic carboxylic acids is 1. The van der Waals surface area contributed by atoms with Gasteiger partial charge in [-0.25, -0.2) is 4.68 Å². The Morgan fingerprint density at radius 1 is 1.42 bits per heavy atom. The fourth-order valence-electron chi connectivity index (χ4n) is 2.33. The molecule has 1 fully saturated rings. The molecule has 0 radical (unpaired) electrons. The first-order chi connectivity index (χ1) is 8.97. The molecule has 0 aliphatic carbocycles. The van der Waals surface area contributed by atoms with Gasteiger partial charge in [0.25, 0.3) is 5.91 Å². The van der Waals surface area contributed by atoms with E-state index in [0.717, 1.165) is 17.5 Å². The van der Waals surface area contributed by atoms with Crippen LogP contribution in [-0.2, 0) is 11.3 Å². The van der Waals surface area contributed by atoms with Gasteiger partial charge in [0.05, 0.1) is 6.20 Å². The minimum atomic E-state index is -1.01. The van der Waals surface area contributed by atoms with Gasteiger partial charge in [-0.3, -0.25) is 9.59 Å². The van der Waals surface area contributed by atoms with Crippen molar-refractivity contribution >= 4 is 11.9 Å². The molecule has 1 amide bonds. The van der Waals surface area contributed by atoms with Crippen LogP contribution in [0.4, 0.5) is 0 Å². The van der Waals surface area contributed by atoms with Crippen LogP contribution in [0.5, 0.6) is 0 Å². The number of carboxylic acid groups (broad SMARTS) is 1. The van der Waals surface area contributed by atoms with Gasteiger partial charge in [-0.1, -0.05) is 12.1 Å². The summed E-state index contributed by atoms with van der Waals surface area (Å²) in [5, 5.41) is 16.1. The zero-order valence-electron chi connectivity index (χ0n) is 11.1. The molecule has 0 bridgehead atoms. The third-order valence-corrected chi connectivity index (χ3v) is 3.43. The molecule has 1 aromatic rings. The molecule has 1 aliphatic rings. The van der Waals surface area contributed by atoms with Gasteiger partial charge in [0.2, 0.25) is 0 Å². The monoisotopic (exact) mass is 266 g/mol. The largest absolute Gasteiger partial charge is 0.480 e. The molecule has 2 rings (SSSR count). The van der Waals surface area contributed by atoms with Crippen LogP contribution in [0.3, 0.4) is 0 Å². The Bertz CT molecular complexity index is 485. The number of hydrogen-bond acceptors (Lipinski definition) is 4.